The minimum Gasteiger partial charge on any atom is -0.454 e. The molecule has 1 atom stereocenters. The predicted molar refractivity (Wildman–Crippen MR) is 71.8 cm³/mol. The average Bonchev–Trinajstić information content (AvgIpc) is 2.96. The van der Waals surface area contributed by atoms with Crippen molar-refractivity contribution >= 4 is 0 Å². The Morgan fingerprint density at radius 1 is 1.24 bits per heavy atom. The third-order valence-corrected chi connectivity index (χ3v) is 3.84. The van der Waals surface area contributed by atoms with Gasteiger partial charge in [-0.3, -0.25) is 4.90 Å². The Morgan fingerprint density at radius 2 is 1.95 bits per heavy atom. The minimum atomic E-state index is -3.22. The summed E-state index contributed by atoms with van der Waals surface area (Å²) < 4.78 is 39.0. The minimum absolute atomic E-state index is 0.105. The van der Waals surface area contributed by atoms with E-state index in [0.29, 0.717) is 43.2 Å². The molecule has 1 saturated heterocycles. The maximum atomic E-state index is 14.3. The topological polar surface area (TPSA) is 54.0 Å². The molecule has 0 amide bonds. The van der Waals surface area contributed by atoms with Crippen LogP contribution in [0.25, 0.3) is 0 Å². The van der Waals surface area contributed by atoms with Crippen LogP contribution in [-0.2, 0) is 0 Å². The van der Waals surface area contributed by atoms with Gasteiger partial charge in [0.15, 0.2) is 11.5 Å². The number of piperazine rings is 1. The van der Waals surface area contributed by atoms with Gasteiger partial charge in [0.2, 0.25) is 6.79 Å². The summed E-state index contributed by atoms with van der Waals surface area (Å²) in [4.78, 5) is 1.70. The van der Waals surface area contributed by atoms with Crippen molar-refractivity contribution in [2.75, 3.05) is 39.6 Å². The summed E-state index contributed by atoms with van der Waals surface area (Å²) in [6.45, 7) is 1.25. The van der Waals surface area contributed by atoms with Gasteiger partial charge in [0.1, 0.15) is 12.6 Å². The van der Waals surface area contributed by atoms with E-state index in [9.17, 15) is 8.78 Å². The third kappa shape index (κ3) is 2.81. The molecular formula is C14H18F2N2O3. The third-order valence-electron chi connectivity index (χ3n) is 3.84. The molecule has 116 valence electrons. The van der Waals surface area contributed by atoms with Crippen molar-refractivity contribution in [3.63, 3.8) is 0 Å². The fourth-order valence-corrected chi connectivity index (χ4v) is 2.83. The lowest BCUT2D eigenvalue weighted by atomic mass is 9.97. The number of alkyl halides is 2. The molecule has 0 aromatic heterocycles. The zero-order valence-electron chi connectivity index (χ0n) is 11.5. The van der Waals surface area contributed by atoms with E-state index >= 15 is 0 Å². The molecule has 7 heteroatoms. The Hall–Kier alpha value is -1.44. The number of halogens is 2. The largest absolute Gasteiger partial charge is 0.454 e. The molecule has 0 radical (unpaired) electrons. The van der Waals surface area contributed by atoms with Crippen molar-refractivity contribution in [3.05, 3.63) is 23.8 Å². The molecule has 0 spiro atoms. The average molecular weight is 300 g/mol. The summed E-state index contributed by atoms with van der Waals surface area (Å²) in [6, 6.07) is 3.67. The van der Waals surface area contributed by atoms with Gasteiger partial charge in [0.05, 0.1) is 0 Å². The summed E-state index contributed by atoms with van der Waals surface area (Å²) >= 11 is 0. The molecule has 1 aromatic rings. The number of hydrogen-bond acceptors (Lipinski definition) is 5. The van der Waals surface area contributed by atoms with E-state index in [0.717, 1.165) is 0 Å². The number of ether oxygens (including phenoxy) is 2. The Kier molecular flexibility index (Phi) is 3.97. The first-order chi connectivity index (χ1) is 10.1. The van der Waals surface area contributed by atoms with Gasteiger partial charge in [0, 0.05) is 26.2 Å². The van der Waals surface area contributed by atoms with Crippen LogP contribution in [0, 0.1) is 0 Å². The highest BCUT2D eigenvalue weighted by atomic mass is 19.3. The van der Waals surface area contributed by atoms with E-state index in [4.69, 9.17) is 14.6 Å². The van der Waals surface area contributed by atoms with Crippen LogP contribution in [0.15, 0.2) is 18.2 Å². The van der Waals surface area contributed by atoms with Crippen molar-refractivity contribution in [1.82, 2.24) is 10.2 Å². The predicted octanol–water partition coefficient (Wildman–Crippen LogP) is 0.989. The van der Waals surface area contributed by atoms with Crippen LogP contribution in [0.4, 0.5) is 8.78 Å². The van der Waals surface area contributed by atoms with Gasteiger partial charge in [-0.05, 0) is 17.7 Å². The number of hydrogen-bond donors (Lipinski definition) is 2. The van der Waals surface area contributed by atoms with Gasteiger partial charge in [-0.2, -0.15) is 0 Å². The van der Waals surface area contributed by atoms with Gasteiger partial charge in [-0.25, -0.2) is 8.78 Å². The van der Waals surface area contributed by atoms with E-state index in [1.54, 1.807) is 23.1 Å². The molecule has 2 aliphatic rings. The van der Waals surface area contributed by atoms with Crippen LogP contribution >= 0.6 is 0 Å². The summed E-state index contributed by atoms with van der Waals surface area (Å²) in [5.41, 5.74) is 0.431. The maximum Gasteiger partial charge on any atom is 0.289 e. The van der Waals surface area contributed by atoms with Crippen molar-refractivity contribution < 1.29 is 23.4 Å². The number of aliphatic hydroxyl groups excluding tert-OH is 1. The van der Waals surface area contributed by atoms with Gasteiger partial charge in [-0.15, -0.1) is 0 Å². The van der Waals surface area contributed by atoms with Crippen LogP contribution in [-0.4, -0.2) is 55.5 Å². The Bertz CT molecular complexity index is 507. The highest BCUT2D eigenvalue weighted by molar-refractivity contribution is 5.45. The van der Waals surface area contributed by atoms with Gasteiger partial charge in [0.25, 0.3) is 5.92 Å². The Balaban J connectivity index is 1.94. The standard InChI is InChI=1S/C14H18F2N2O3/c15-14(16,8-19)13(18-5-3-17-4-6-18)10-1-2-11-12(7-10)21-9-20-11/h1-2,7,13,17,19H,3-6,8-9H2/t13-/m1/s1. The summed E-state index contributed by atoms with van der Waals surface area (Å²) in [6.07, 6.45) is 0. The fraction of sp³-hybridized carbons (Fsp3) is 0.571. The number of fused-ring (bicyclic) bond motifs is 1. The van der Waals surface area contributed by atoms with Crippen LogP contribution in [0.1, 0.15) is 11.6 Å². The molecule has 2 aliphatic heterocycles. The van der Waals surface area contributed by atoms with Gasteiger partial charge in [-0.1, -0.05) is 6.07 Å². The lowest BCUT2D eigenvalue weighted by molar-refractivity contribution is -0.118. The van der Waals surface area contributed by atoms with E-state index < -0.39 is 18.6 Å². The van der Waals surface area contributed by atoms with E-state index in [2.05, 4.69) is 5.32 Å². The summed E-state index contributed by atoms with van der Waals surface area (Å²) in [5, 5.41) is 12.2. The molecule has 2 N–H and O–H groups in total. The second-order valence-corrected chi connectivity index (χ2v) is 5.22. The van der Waals surface area contributed by atoms with Crippen LogP contribution < -0.4 is 14.8 Å². The molecule has 1 aromatic carbocycles. The molecule has 0 bridgehead atoms. The first kappa shape index (κ1) is 14.5. The van der Waals surface area contributed by atoms with E-state index in [1.165, 1.54) is 0 Å². The second-order valence-electron chi connectivity index (χ2n) is 5.22. The van der Waals surface area contributed by atoms with Gasteiger partial charge < -0.3 is 19.9 Å². The monoisotopic (exact) mass is 300 g/mol. The molecular weight excluding hydrogens is 282 g/mol. The van der Waals surface area contributed by atoms with Crippen molar-refractivity contribution in [3.8, 4) is 11.5 Å². The van der Waals surface area contributed by atoms with E-state index in [-0.39, 0.29) is 6.79 Å². The van der Waals surface area contributed by atoms with Crippen LogP contribution in [0.3, 0.4) is 0 Å². The number of rotatable bonds is 4. The number of nitrogens with one attached hydrogen (secondary N) is 1. The zero-order valence-corrected chi connectivity index (χ0v) is 11.5. The fourth-order valence-electron chi connectivity index (χ4n) is 2.83. The van der Waals surface area contributed by atoms with E-state index in [1.807, 2.05) is 0 Å². The molecule has 1 fully saturated rings. The summed E-state index contributed by atoms with van der Waals surface area (Å²) in [5.74, 6) is -2.18. The van der Waals surface area contributed by atoms with Gasteiger partial charge >= 0.3 is 0 Å². The highest BCUT2D eigenvalue weighted by Crippen LogP contribution is 2.41. The van der Waals surface area contributed by atoms with Crippen molar-refractivity contribution in [2.24, 2.45) is 0 Å². The number of nitrogens with zero attached hydrogens (tertiary/aromatic N) is 1. The molecule has 0 saturated carbocycles. The molecule has 3 rings (SSSR count). The van der Waals surface area contributed by atoms with Crippen molar-refractivity contribution in [1.29, 1.82) is 0 Å². The molecule has 21 heavy (non-hydrogen) atoms. The molecule has 0 aliphatic carbocycles. The quantitative estimate of drug-likeness (QED) is 0.868. The first-order valence-electron chi connectivity index (χ1n) is 6.95. The SMILES string of the molecule is OCC(F)(F)[C@@H](c1ccc2c(c1)OCO2)N1CCNCC1. The normalized spacial score (nSPS) is 20.5. The summed E-state index contributed by atoms with van der Waals surface area (Å²) in [7, 11) is 0. The molecule has 5 nitrogen and oxygen atoms in total. The second kappa shape index (κ2) is 5.75. The highest BCUT2D eigenvalue weighted by Gasteiger charge is 2.44. The number of aliphatic hydroxyl groups is 1. The molecule has 2 heterocycles. The Labute approximate surface area is 121 Å². The lowest BCUT2D eigenvalue weighted by Crippen LogP contribution is -2.51. The zero-order chi connectivity index (χ0) is 14.9. The van der Waals surface area contributed by atoms with Crippen LogP contribution in [0.5, 0.6) is 11.5 Å². The van der Waals surface area contributed by atoms with Crippen LogP contribution in [0.2, 0.25) is 0 Å². The van der Waals surface area contributed by atoms with Crippen molar-refractivity contribution in [2.45, 2.75) is 12.0 Å². The first-order valence-corrected chi connectivity index (χ1v) is 6.95. The molecule has 0 unspecified atom stereocenters. The Morgan fingerprint density at radius 3 is 2.67 bits per heavy atom. The smallest absolute Gasteiger partial charge is 0.289 e. The maximum absolute atomic E-state index is 14.3. The number of benzene rings is 1. The lowest BCUT2D eigenvalue weighted by Gasteiger charge is -2.38.